The third-order valence-electron chi connectivity index (χ3n) is 3.17. The molecule has 0 aliphatic rings. The van der Waals surface area contributed by atoms with Crippen LogP contribution in [0.4, 0.5) is 8.78 Å². The normalized spacial score (nSPS) is 12.0. The Morgan fingerprint density at radius 2 is 1.77 bits per heavy atom. The first-order valence-corrected chi connectivity index (χ1v) is 8.03. The lowest BCUT2D eigenvalue weighted by Gasteiger charge is -2.00. The third kappa shape index (κ3) is 2.41. The number of rotatable bonds is 2. The van der Waals surface area contributed by atoms with Crippen molar-refractivity contribution in [2.45, 2.75) is 4.90 Å². The van der Waals surface area contributed by atoms with Crippen LogP contribution >= 0.6 is 0 Å². The maximum Gasteiger partial charge on any atom is 0.187 e. The molecule has 0 aliphatic heterocycles. The molecule has 1 heterocycles. The zero-order chi connectivity index (χ0) is 16.1. The van der Waals surface area contributed by atoms with E-state index in [9.17, 15) is 17.2 Å². The highest BCUT2D eigenvalue weighted by Gasteiger charge is 2.14. The third-order valence-corrected chi connectivity index (χ3v) is 4.28. The first-order valence-electron chi connectivity index (χ1n) is 6.14. The summed E-state index contributed by atoms with van der Waals surface area (Å²) in [6.07, 6.45) is 1.08. The molecule has 0 bridgehead atoms. The van der Waals surface area contributed by atoms with Crippen LogP contribution in [0.2, 0.25) is 0 Å². The van der Waals surface area contributed by atoms with E-state index in [1.54, 1.807) is 0 Å². The Morgan fingerprint density at radius 3 is 2.36 bits per heavy atom. The minimum atomic E-state index is -3.37. The topological polar surface area (TPSA) is 83.1 Å². The van der Waals surface area contributed by atoms with E-state index in [4.69, 9.17) is 5.11 Å². The molecule has 3 aromatic rings. The molecule has 0 saturated carbocycles. The zero-order valence-electron chi connectivity index (χ0n) is 11.3. The quantitative estimate of drug-likeness (QED) is 0.759. The lowest BCUT2D eigenvalue weighted by Crippen LogP contribution is -1.96. The molecule has 114 valence electrons. The van der Waals surface area contributed by atoms with Crippen molar-refractivity contribution in [2.75, 3.05) is 6.26 Å². The number of imidazole rings is 1. The fourth-order valence-electron chi connectivity index (χ4n) is 2.06. The highest BCUT2D eigenvalue weighted by Crippen LogP contribution is 2.28. The number of sulfone groups is 1. The number of aromatic hydroxyl groups is 1. The number of hydrogen-bond acceptors (Lipinski definition) is 4. The highest BCUT2D eigenvalue weighted by molar-refractivity contribution is 7.90. The average molecular weight is 324 g/mol. The minimum Gasteiger partial charge on any atom is -0.503 e. The van der Waals surface area contributed by atoms with Crippen LogP contribution in [0.3, 0.4) is 0 Å². The fourth-order valence-corrected chi connectivity index (χ4v) is 2.71. The van der Waals surface area contributed by atoms with E-state index >= 15 is 0 Å². The van der Waals surface area contributed by atoms with E-state index in [-0.39, 0.29) is 16.3 Å². The molecule has 1 aromatic heterocycles. The molecule has 0 spiro atoms. The van der Waals surface area contributed by atoms with Gasteiger partial charge in [0.05, 0.1) is 15.9 Å². The van der Waals surface area contributed by atoms with E-state index in [2.05, 4.69) is 9.97 Å². The number of halogens is 2. The van der Waals surface area contributed by atoms with Gasteiger partial charge in [0.1, 0.15) is 5.82 Å². The number of nitrogens with one attached hydrogen (secondary N) is 1. The summed E-state index contributed by atoms with van der Waals surface area (Å²) in [5.74, 6) is -3.10. The largest absolute Gasteiger partial charge is 0.503 e. The molecular formula is C14H10F2N2O3S. The van der Waals surface area contributed by atoms with Crippen molar-refractivity contribution in [3.8, 4) is 17.1 Å². The average Bonchev–Trinajstić information content (AvgIpc) is 2.86. The van der Waals surface area contributed by atoms with E-state index in [1.165, 1.54) is 18.2 Å². The van der Waals surface area contributed by atoms with Gasteiger partial charge in [-0.15, -0.1) is 0 Å². The van der Waals surface area contributed by atoms with Gasteiger partial charge in [0, 0.05) is 11.8 Å². The molecule has 2 N–H and O–H groups in total. The Balaban J connectivity index is 2.17. The maximum absolute atomic E-state index is 13.4. The van der Waals surface area contributed by atoms with E-state index in [0.717, 1.165) is 18.4 Å². The molecule has 0 atom stereocenters. The number of nitrogens with zero attached hydrogens (tertiary/aromatic N) is 1. The second-order valence-corrected chi connectivity index (χ2v) is 6.84. The Kier molecular flexibility index (Phi) is 3.13. The number of aromatic amines is 1. The van der Waals surface area contributed by atoms with Crippen LogP contribution in [0.15, 0.2) is 35.2 Å². The SMILES string of the molecule is CS(=O)(=O)c1ccc2nc(-c3cc(F)c(O)c(F)c3)[nH]c2c1. The fraction of sp³-hybridized carbons (Fsp3) is 0.0714. The summed E-state index contributed by atoms with van der Waals surface area (Å²) >= 11 is 0. The van der Waals surface area contributed by atoms with Crippen LogP contribution in [0.1, 0.15) is 0 Å². The standard InChI is InChI=1S/C14H10F2N2O3S/c1-22(20,21)8-2-3-11-12(6-8)18-14(17-11)7-4-9(15)13(19)10(16)5-7/h2-6,19H,1H3,(H,17,18). The van der Waals surface area contributed by atoms with Gasteiger partial charge in [-0.1, -0.05) is 0 Å². The van der Waals surface area contributed by atoms with Crippen LogP contribution in [-0.4, -0.2) is 29.7 Å². The molecule has 5 nitrogen and oxygen atoms in total. The van der Waals surface area contributed by atoms with Crippen LogP contribution in [-0.2, 0) is 9.84 Å². The van der Waals surface area contributed by atoms with Gasteiger partial charge in [0.2, 0.25) is 0 Å². The Labute approximate surface area is 124 Å². The number of fused-ring (bicyclic) bond motifs is 1. The van der Waals surface area contributed by atoms with Gasteiger partial charge >= 0.3 is 0 Å². The van der Waals surface area contributed by atoms with Gasteiger partial charge < -0.3 is 10.1 Å². The highest BCUT2D eigenvalue weighted by atomic mass is 32.2. The molecule has 0 radical (unpaired) electrons. The molecule has 22 heavy (non-hydrogen) atoms. The van der Waals surface area contributed by atoms with Gasteiger partial charge in [-0.3, -0.25) is 0 Å². The van der Waals surface area contributed by atoms with Crippen LogP contribution in [0, 0.1) is 11.6 Å². The van der Waals surface area contributed by atoms with Gasteiger partial charge in [-0.25, -0.2) is 22.2 Å². The number of phenols is 1. The predicted molar refractivity (Wildman–Crippen MR) is 76.2 cm³/mol. The molecule has 0 amide bonds. The summed E-state index contributed by atoms with van der Waals surface area (Å²) in [4.78, 5) is 7.07. The predicted octanol–water partition coefficient (Wildman–Crippen LogP) is 2.62. The molecule has 0 unspecified atom stereocenters. The van der Waals surface area contributed by atoms with Crippen molar-refractivity contribution in [1.29, 1.82) is 0 Å². The summed E-state index contributed by atoms with van der Waals surface area (Å²) in [7, 11) is -3.37. The number of benzene rings is 2. The number of hydrogen-bond donors (Lipinski definition) is 2. The van der Waals surface area contributed by atoms with Crippen molar-refractivity contribution in [3.05, 3.63) is 42.0 Å². The summed E-state index contributed by atoms with van der Waals surface area (Å²) < 4.78 is 49.8. The second-order valence-electron chi connectivity index (χ2n) is 4.83. The Morgan fingerprint density at radius 1 is 1.14 bits per heavy atom. The van der Waals surface area contributed by atoms with Crippen molar-refractivity contribution >= 4 is 20.9 Å². The first-order chi connectivity index (χ1) is 10.3. The van der Waals surface area contributed by atoms with Crippen molar-refractivity contribution in [2.24, 2.45) is 0 Å². The molecule has 0 fully saturated rings. The van der Waals surface area contributed by atoms with E-state index in [0.29, 0.717) is 11.0 Å². The zero-order valence-corrected chi connectivity index (χ0v) is 12.1. The molecule has 0 saturated heterocycles. The van der Waals surface area contributed by atoms with Gasteiger partial charge in [-0.2, -0.15) is 0 Å². The lowest BCUT2D eigenvalue weighted by atomic mass is 10.2. The van der Waals surface area contributed by atoms with Crippen molar-refractivity contribution in [1.82, 2.24) is 9.97 Å². The second kappa shape index (κ2) is 4.77. The molecule has 2 aromatic carbocycles. The van der Waals surface area contributed by atoms with E-state index in [1.807, 2.05) is 0 Å². The summed E-state index contributed by atoms with van der Waals surface area (Å²) in [5, 5.41) is 9.10. The molecule has 8 heteroatoms. The smallest absolute Gasteiger partial charge is 0.187 e. The van der Waals surface area contributed by atoms with Crippen LogP contribution in [0.5, 0.6) is 5.75 Å². The molecule has 3 rings (SSSR count). The van der Waals surface area contributed by atoms with Gasteiger partial charge in [0.25, 0.3) is 0 Å². The number of H-pyrrole nitrogens is 1. The molecular weight excluding hydrogens is 314 g/mol. The molecule has 0 aliphatic carbocycles. The summed E-state index contributed by atoms with van der Waals surface area (Å²) in [6.45, 7) is 0. The monoisotopic (exact) mass is 324 g/mol. The number of phenolic OH excluding ortho intramolecular Hbond substituents is 1. The van der Waals surface area contributed by atoms with Crippen molar-refractivity contribution in [3.63, 3.8) is 0 Å². The minimum absolute atomic E-state index is 0.102. The van der Waals surface area contributed by atoms with Gasteiger partial charge in [0.15, 0.2) is 27.2 Å². The van der Waals surface area contributed by atoms with Gasteiger partial charge in [-0.05, 0) is 30.3 Å². The summed E-state index contributed by atoms with van der Waals surface area (Å²) in [6, 6.07) is 6.18. The summed E-state index contributed by atoms with van der Waals surface area (Å²) in [5.41, 5.74) is 0.980. The van der Waals surface area contributed by atoms with Crippen molar-refractivity contribution < 1.29 is 22.3 Å². The Bertz CT molecular complexity index is 973. The lowest BCUT2D eigenvalue weighted by molar-refractivity contribution is 0.396. The first kappa shape index (κ1) is 14.5. The number of aromatic nitrogens is 2. The van der Waals surface area contributed by atoms with E-state index < -0.39 is 27.2 Å². The maximum atomic E-state index is 13.4. The Hall–Kier alpha value is -2.48. The van der Waals surface area contributed by atoms with Crippen LogP contribution < -0.4 is 0 Å². The van der Waals surface area contributed by atoms with Crippen LogP contribution in [0.25, 0.3) is 22.4 Å².